The Balaban J connectivity index is 2.53. The van der Waals surface area contributed by atoms with E-state index in [1.54, 1.807) is 13.8 Å². The predicted octanol–water partition coefficient (Wildman–Crippen LogP) is 3.22. The Morgan fingerprint density at radius 2 is 1.95 bits per heavy atom. The largest absolute Gasteiger partial charge is 0.240 e. The molecular formula is C14H11F2N3. The number of benzene rings is 1. The van der Waals surface area contributed by atoms with Crippen LogP contribution in [0.25, 0.3) is 11.3 Å². The molecule has 5 heteroatoms. The van der Waals surface area contributed by atoms with Gasteiger partial charge in [0.1, 0.15) is 22.9 Å². The van der Waals surface area contributed by atoms with Crippen LogP contribution in [-0.4, -0.2) is 9.97 Å². The molecular weight excluding hydrogens is 248 g/mol. The van der Waals surface area contributed by atoms with Crippen LogP contribution < -0.4 is 0 Å². The van der Waals surface area contributed by atoms with E-state index in [4.69, 9.17) is 5.26 Å². The molecule has 1 aromatic heterocycles. The molecule has 96 valence electrons. The third-order valence-electron chi connectivity index (χ3n) is 2.70. The van der Waals surface area contributed by atoms with Crippen LogP contribution in [0.15, 0.2) is 30.5 Å². The minimum atomic E-state index is -0.869. The highest BCUT2D eigenvalue weighted by Crippen LogP contribution is 2.24. The van der Waals surface area contributed by atoms with E-state index < -0.39 is 17.0 Å². The number of aromatic nitrogens is 2. The molecule has 0 aliphatic rings. The molecule has 0 amide bonds. The van der Waals surface area contributed by atoms with Gasteiger partial charge in [0.25, 0.3) is 0 Å². The first-order valence-electron chi connectivity index (χ1n) is 5.64. The van der Waals surface area contributed by atoms with E-state index in [1.807, 2.05) is 0 Å². The summed E-state index contributed by atoms with van der Waals surface area (Å²) in [7, 11) is 0. The fourth-order valence-electron chi connectivity index (χ4n) is 1.56. The van der Waals surface area contributed by atoms with Gasteiger partial charge >= 0.3 is 0 Å². The van der Waals surface area contributed by atoms with Crippen LogP contribution in [0.5, 0.6) is 0 Å². The molecule has 0 unspecified atom stereocenters. The molecule has 0 fully saturated rings. The molecule has 3 nitrogen and oxygen atoms in total. The van der Waals surface area contributed by atoms with Crippen LogP contribution in [0.3, 0.4) is 0 Å². The second-order valence-electron chi connectivity index (χ2n) is 4.63. The molecule has 0 N–H and O–H groups in total. The highest BCUT2D eigenvalue weighted by atomic mass is 19.1. The van der Waals surface area contributed by atoms with Gasteiger partial charge in [-0.1, -0.05) is 0 Å². The summed E-state index contributed by atoms with van der Waals surface area (Å²) in [6.07, 6.45) is 1.46. The molecule has 0 aliphatic carbocycles. The number of nitrogens with zero attached hydrogens (tertiary/aromatic N) is 3. The van der Waals surface area contributed by atoms with Crippen molar-refractivity contribution in [3.05, 3.63) is 47.9 Å². The van der Waals surface area contributed by atoms with Crippen LogP contribution in [0.4, 0.5) is 8.78 Å². The number of halogens is 2. The Morgan fingerprint density at radius 1 is 1.21 bits per heavy atom. The minimum Gasteiger partial charge on any atom is -0.240 e. The van der Waals surface area contributed by atoms with Gasteiger partial charge in [0.2, 0.25) is 0 Å². The van der Waals surface area contributed by atoms with Crippen LogP contribution in [0, 0.1) is 23.0 Å². The van der Waals surface area contributed by atoms with Crippen LogP contribution in [0.1, 0.15) is 19.7 Å². The molecule has 0 bridgehead atoms. The Bertz CT molecular complexity index is 660. The summed E-state index contributed by atoms with van der Waals surface area (Å²) < 4.78 is 26.6. The van der Waals surface area contributed by atoms with Gasteiger partial charge in [0.05, 0.1) is 11.8 Å². The third-order valence-corrected chi connectivity index (χ3v) is 2.70. The fraction of sp³-hybridized carbons (Fsp3) is 0.214. The molecule has 0 saturated heterocycles. The molecule has 19 heavy (non-hydrogen) atoms. The first-order chi connectivity index (χ1) is 8.94. The Hall–Kier alpha value is -2.35. The molecule has 2 rings (SSSR count). The van der Waals surface area contributed by atoms with E-state index in [9.17, 15) is 8.78 Å². The lowest BCUT2D eigenvalue weighted by molar-refractivity contribution is 0.584. The Kier molecular flexibility index (Phi) is 3.26. The van der Waals surface area contributed by atoms with Crippen LogP contribution in [-0.2, 0) is 5.41 Å². The van der Waals surface area contributed by atoms with E-state index in [0.717, 1.165) is 12.1 Å². The van der Waals surface area contributed by atoms with Crippen molar-refractivity contribution in [2.24, 2.45) is 0 Å². The standard InChI is InChI=1S/C14H11F2N3/c1-14(2,8-17)13-18-6-5-12(19-13)10-4-3-9(15)7-11(10)16/h3-7H,1-2H3. The molecule has 2 aromatic rings. The van der Waals surface area contributed by atoms with Crippen molar-refractivity contribution in [1.82, 2.24) is 9.97 Å². The normalized spacial score (nSPS) is 11.1. The lowest BCUT2D eigenvalue weighted by atomic mass is 9.94. The molecule has 0 atom stereocenters. The van der Waals surface area contributed by atoms with Gasteiger partial charge in [-0.15, -0.1) is 0 Å². The lowest BCUT2D eigenvalue weighted by Crippen LogP contribution is -2.18. The fourth-order valence-corrected chi connectivity index (χ4v) is 1.56. The first-order valence-corrected chi connectivity index (χ1v) is 5.64. The summed E-state index contributed by atoms with van der Waals surface area (Å²) in [5.41, 5.74) is -0.364. The second-order valence-corrected chi connectivity index (χ2v) is 4.63. The summed E-state index contributed by atoms with van der Waals surface area (Å²) in [6, 6.07) is 6.88. The maximum atomic E-state index is 13.7. The number of hydrogen-bond donors (Lipinski definition) is 0. The summed E-state index contributed by atoms with van der Waals surface area (Å²) in [4.78, 5) is 8.20. The highest BCUT2D eigenvalue weighted by Gasteiger charge is 2.24. The van der Waals surface area contributed by atoms with Crippen molar-refractivity contribution >= 4 is 0 Å². The Morgan fingerprint density at radius 3 is 2.58 bits per heavy atom. The SMILES string of the molecule is CC(C)(C#N)c1nccc(-c2ccc(F)cc2F)n1. The second kappa shape index (κ2) is 4.73. The van der Waals surface area contributed by atoms with Gasteiger partial charge in [0.15, 0.2) is 0 Å². The molecule has 0 radical (unpaired) electrons. The summed E-state index contributed by atoms with van der Waals surface area (Å²) in [5, 5.41) is 9.05. The van der Waals surface area contributed by atoms with Gasteiger partial charge in [-0.05, 0) is 32.0 Å². The van der Waals surface area contributed by atoms with Gasteiger partial charge in [-0.2, -0.15) is 5.26 Å². The summed E-state index contributed by atoms with van der Waals surface area (Å²) in [5.74, 6) is -1.04. The average Bonchev–Trinajstić information content (AvgIpc) is 2.39. The van der Waals surface area contributed by atoms with E-state index in [1.165, 1.54) is 18.3 Å². The zero-order valence-electron chi connectivity index (χ0n) is 10.5. The van der Waals surface area contributed by atoms with Crippen LogP contribution in [0.2, 0.25) is 0 Å². The summed E-state index contributed by atoms with van der Waals surface area (Å²) >= 11 is 0. The van der Waals surface area contributed by atoms with Gasteiger partial charge in [-0.25, -0.2) is 18.7 Å². The maximum absolute atomic E-state index is 13.7. The van der Waals surface area contributed by atoms with Crippen molar-refractivity contribution in [1.29, 1.82) is 5.26 Å². The first kappa shape index (κ1) is 13.1. The quantitative estimate of drug-likeness (QED) is 0.832. The van der Waals surface area contributed by atoms with Gasteiger partial charge in [0, 0.05) is 17.8 Å². The van der Waals surface area contributed by atoms with E-state index in [0.29, 0.717) is 11.5 Å². The third kappa shape index (κ3) is 2.58. The maximum Gasteiger partial charge on any atom is 0.148 e. The number of hydrogen-bond acceptors (Lipinski definition) is 3. The average molecular weight is 259 g/mol. The van der Waals surface area contributed by atoms with Crippen molar-refractivity contribution in [2.75, 3.05) is 0 Å². The summed E-state index contributed by atoms with van der Waals surface area (Å²) in [6.45, 7) is 3.35. The molecule has 0 saturated carbocycles. The zero-order valence-corrected chi connectivity index (χ0v) is 10.5. The lowest BCUT2D eigenvalue weighted by Gasteiger charge is -2.14. The molecule has 0 spiro atoms. The molecule has 1 aromatic carbocycles. The van der Waals surface area contributed by atoms with Crippen molar-refractivity contribution < 1.29 is 8.78 Å². The van der Waals surface area contributed by atoms with Crippen molar-refractivity contribution in [2.45, 2.75) is 19.3 Å². The van der Waals surface area contributed by atoms with E-state index in [2.05, 4.69) is 16.0 Å². The number of rotatable bonds is 2. The van der Waals surface area contributed by atoms with Crippen LogP contribution >= 0.6 is 0 Å². The smallest absolute Gasteiger partial charge is 0.148 e. The zero-order chi connectivity index (χ0) is 14.0. The van der Waals surface area contributed by atoms with Crippen molar-refractivity contribution in [3.8, 4) is 17.3 Å². The predicted molar refractivity (Wildman–Crippen MR) is 66.0 cm³/mol. The van der Waals surface area contributed by atoms with Gasteiger partial charge < -0.3 is 0 Å². The topological polar surface area (TPSA) is 49.6 Å². The molecule has 0 aliphatic heterocycles. The molecule has 1 heterocycles. The van der Waals surface area contributed by atoms with Gasteiger partial charge in [-0.3, -0.25) is 0 Å². The van der Waals surface area contributed by atoms with E-state index >= 15 is 0 Å². The monoisotopic (exact) mass is 259 g/mol. The van der Waals surface area contributed by atoms with E-state index in [-0.39, 0.29) is 5.56 Å². The van der Waals surface area contributed by atoms with Crippen molar-refractivity contribution in [3.63, 3.8) is 0 Å². The minimum absolute atomic E-state index is 0.179. The number of nitriles is 1. The Labute approximate surface area is 109 Å². The highest BCUT2D eigenvalue weighted by molar-refractivity contribution is 5.59.